The van der Waals surface area contributed by atoms with Gasteiger partial charge in [0, 0.05) is 32.2 Å². The summed E-state index contributed by atoms with van der Waals surface area (Å²) in [6.07, 6.45) is 0. The number of imidazole rings is 1. The summed E-state index contributed by atoms with van der Waals surface area (Å²) in [5.41, 5.74) is 2.11. The number of aromatic nitrogens is 4. The van der Waals surface area contributed by atoms with E-state index in [1.807, 2.05) is 29.7 Å². The smallest absolute Gasteiger partial charge is 0.303 e. The Balaban J connectivity index is 1.68. The van der Waals surface area contributed by atoms with E-state index < -0.39 is 0 Å². The van der Waals surface area contributed by atoms with Crippen LogP contribution in [0.3, 0.4) is 0 Å². The van der Waals surface area contributed by atoms with Crippen LogP contribution < -0.4 is 19.5 Å². The van der Waals surface area contributed by atoms with Crippen molar-refractivity contribution in [2.75, 3.05) is 66.0 Å². The number of methoxy groups -OCH3 is 3. The fourth-order valence-electron chi connectivity index (χ4n) is 3.66. The van der Waals surface area contributed by atoms with Gasteiger partial charge in [-0.15, -0.1) is 0 Å². The predicted octanol–water partition coefficient (Wildman–Crippen LogP) is 1.89. The molecule has 0 bridgehead atoms. The SMILES string of the molecule is COc1ccc(-n2c(OC)nc3c(NCCN4CCOCC4)nc(C)nc32)cc1OC. The first-order chi connectivity index (χ1) is 15.1. The van der Waals surface area contributed by atoms with Crippen molar-refractivity contribution in [1.29, 1.82) is 0 Å². The maximum absolute atomic E-state index is 5.57. The first-order valence-electron chi connectivity index (χ1n) is 10.2. The number of nitrogens with zero attached hydrogens (tertiary/aromatic N) is 5. The van der Waals surface area contributed by atoms with Gasteiger partial charge in [-0.25, -0.2) is 14.5 Å². The Morgan fingerprint density at radius 3 is 2.48 bits per heavy atom. The Morgan fingerprint density at radius 1 is 1.00 bits per heavy atom. The Kier molecular flexibility index (Phi) is 6.38. The molecule has 31 heavy (non-hydrogen) atoms. The standard InChI is InChI=1S/C21H28N6O4/c1-14-23-19(22-7-8-26-9-11-31-12-10-26)18-20(24-14)27(21(25-18)30-4)15-5-6-16(28-2)17(13-15)29-3/h5-6,13H,7-12H2,1-4H3,(H,22,23,24). The summed E-state index contributed by atoms with van der Waals surface area (Å²) in [6.45, 7) is 6.97. The second-order valence-corrected chi connectivity index (χ2v) is 7.15. The van der Waals surface area contributed by atoms with Crippen LogP contribution in [0.15, 0.2) is 18.2 Å². The Labute approximate surface area is 181 Å². The van der Waals surface area contributed by atoms with Crippen molar-refractivity contribution in [2.24, 2.45) is 0 Å². The van der Waals surface area contributed by atoms with Gasteiger partial charge in [0.2, 0.25) is 0 Å². The number of morpholine rings is 1. The van der Waals surface area contributed by atoms with Gasteiger partial charge >= 0.3 is 6.01 Å². The van der Waals surface area contributed by atoms with E-state index in [0.29, 0.717) is 40.3 Å². The highest BCUT2D eigenvalue weighted by atomic mass is 16.5. The van der Waals surface area contributed by atoms with Crippen molar-refractivity contribution < 1.29 is 18.9 Å². The molecule has 3 heterocycles. The third-order valence-electron chi connectivity index (χ3n) is 5.22. The van der Waals surface area contributed by atoms with Gasteiger partial charge in [0.1, 0.15) is 5.82 Å². The molecule has 0 unspecified atom stereocenters. The van der Waals surface area contributed by atoms with Gasteiger partial charge in [-0.3, -0.25) is 4.90 Å². The summed E-state index contributed by atoms with van der Waals surface area (Å²) in [7, 11) is 4.80. The molecular weight excluding hydrogens is 400 g/mol. The van der Waals surface area contributed by atoms with E-state index in [1.165, 1.54) is 0 Å². The summed E-state index contributed by atoms with van der Waals surface area (Å²) >= 11 is 0. The molecule has 0 spiro atoms. The Hall–Kier alpha value is -3.11. The maximum Gasteiger partial charge on any atom is 0.303 e. The van der Waals surface area contributed by atoms with Crippen molar-refractivity contribution in [1.82, 2.24) is 24.4 Å². The van der Waals surface area contributed by atoms with Gasteiger partial charge < -0.3 is 24.3 Å². The largest absolute Gasteiger partial charge is 0.493 e. The minimum absolute atomic E-state index is 0.415. The number of rotatable bonds is 8. The lowest BCUT2D eigenvalue weighted by molar-refractivity contribution is 0.0398. The van der Waals surface area contributed by atoms with Gasteiger partial charge in [-0.2, -0.15) is 4.98 Å². The van der Waals surface area contributed by atoms with Gasteiger partial charge in [0.05, 0.1) is 40.2 Å². The van der Waals surface area contributed by atoms with Crippen LogP contribution in [0.5, 0.6) is 17.5 Å². The molecule has 4 rings (SSSR count). The number of aryl methyl sites for hydroxylation is 1. The highest BCUT2D eigenvalue weighted by Gasteiger charge is 2.20. The average molecular weight is 428 g/mol. The van der Waals surface area contributed by atoms with Crippen LogP contribution in [0.4, 0.5) is 5.82 Å². The van der Waals surface area contributed by atoms with Crippen molar-refractivity contribution in [3.8, 4) is 23.2 Å². The molecule has 3 aromatic rings. The van der Waals surface area contributed by atoms with Gasteiger partial charge in [-0.1, -0.05) is 0 Å². The third-order valence-corrected chi connectivity index (χ3v) is 5.22. The van der Waals surface area contributed by atoms with Crippen LogP contribution in [-0.4, -0.2) is 85.1 Å². The summed E-state index contributed by atoms with van der Waals surface area (Å²) in [4.78, 5) is 16.3. The molecule has 2 aromatic heterocycles. The number of hydrogen-bond acceptors (Lipinski definition) is 9. The molecule has 0 saturated carbocycles. The summed E-state index contributed by atoms with van der Waals surface area (Å²) in [5, 5.41) is 3.42. The third kappa shape index (κ3) is 4.35. The lowest BCUT2D eigenvalue weighted by atomic mass is 10.2. The lowest BCUT2D eigenvalue weighted by Gasteiger charge is -2.26. The molecule has 166 valence electrons. The fourth-order valence-corrected chi connectivity index (χ4v) is 3.66. The van der Waals surface area contributed by atoms with E-state index in [1.54, 1.807) is 21.3 Å². The maximum atomic E-state index is 5.57. The van der Waals surface area contributed by atoms with Crippen LogP contribution >= 0.6 is 0 Å². The van der Waals surface area contributed by atoms with E-state index >= 15 is 0 Å². The molecular formula is C21H28N6O4. The van der Waals surface area contributed by atoms with Crippen molar-refractivity contribution >= 4 is 17.0 Å². The molecule has 1 fully saturated rings. The molecule has 1 saturated heterocycles. The molecule has 0 radical (unpaired) electrons. The van der Waals surface area contributed by atoms with Crippen molar-refractivity contribution in [3.05, 3.63) is 24.0 Å². The van der Waals surface area contributed by atoms with Crippen LogP contribution in [0.2, 0.25) is 0 Å². The first-order valence-corrected chi connectivity index (χ1v) is 10.2. The number of anilines is 1. The van der Waals surface area contributed by atoms with E-state index in [-0.39, 0.29) is 0 Å². The van der Waals surface area contributed by atoms with E-state index in [4.69, 9.17) is 18.9 Å². The Bertz CT molecular complexity index is 1050. The monoisotopic (exact) mass is 428 g/mol. The minimum atomic E-state index is 0.415. The zero-order valence-electron chi connectivity index (χ0n) is 18.3. The molecule has 10 nitrogen and oxygen atoms in total. The number of nitrogens with one attached hydrogen (secondary N) is 1. The number of ether oxygens (including phenoxy) is 4. The fraction of sp³-hybridized carbons (Fsp3) is 0.476. The van der Waals surface area contributed by atoms with Crippen molar-refractivity contribution in [3.63, 3.8) is 0 Å². The normalized spacial score (nSPS) is 14.6. The zero-order chi connectivity index (χ0) is 21.8. The average Bonchev–Trinajstić information content (AvgIpc) is 3.17. The Morgan fingerprint density at radius 2 is 1.77 bits per heavy atom. The molecule has 1 aliphatic heterocycles. The van der Waals surface area contributed by atoms with Gasteiger partial charge in [0.15, 0.2) is 28.5 Å². The zero-order valence-corrected chi connectivity index (χ0v) is 18.3. The molecule has 0 amide bonds. The van der Waals surface area contributed by atoms with Crippen LogP contribution in [-0.2, 0) is 4.74 Å². The molecule has 1 N–H and O–H groups in total. The van der Waals surface area contributed by atoms with Gasteiger partial charge in [0.25, 0.3) is 0 Å². The first kappa shape index (κ1) is 21.1. The topological polar surface area (TPSA) is 95.8 Å². The van der Waals surface area contributed by atoms with Gasteiger partial charge in [-0.05, 0) is 19.1 Å². The van der Waals surface area contributed by atoms with E-state index in [0.717, 1.165) is 45.1 Å². The van der Waals surface area contributed by atoms with Crippen molar-refractivity contribution in [2.45, 2.75) is 6.92 Å². The predicted molar refractivity (Wildman–Crippen MR) is 117 cm³/mol. The molecule has 0 aliphatic carbocycles. The minimum Gasteiger partial charge on any atom is -0.493 e. The highest BCUT2D eigenvalue weighted by Crippen LogP contribution is 2.33. The molecule has 0 atom stereocenters. The van der Waals surface area contributed by atoms with Crippen LogP contribution in [0.1, 0.15) is 5.82 Å². The summed E-state index contributed by atoms with van der Waals surface area (Å²) in [5.74, 6) is 2.59. The van der Waals surface area contributed by atoms with Crippen LogP contribution in [0, 0.1) is 6.92 Å². The number of benzene rings is 1. The second-order valence-electron chi connectivity index (χ2n) is 7.15. The van der Waals surface area contributed by atoms with Crippen LogP contribution in [0.25, 0.3) is 16.9 Å². The number of fused-ring (bicyclic) bond motifs is 1. The molecule has 10 heteroatoms. The summed E-state index contributed by atoms with van der Waals surface area (Å²) < 4.78 is 23.6. The lowest BCUT2D eigenvalue weighted by Crippen LogP contribution is -2.39. The highest BCUT2D eigenvalue weighted by molar-refractivity contribution is 5.85. The van der Waals surface area contributed by atoms with E-state index in [9.17, 15) is 0 Å². The number of hydrogen-bond donors (Lipinski definition) is 1. The molecule has 1 aromatic carbocycles. The molecule has 1 aliphatic rings. The van der Waals surface area contributed by atoms with E-state index in [2.05, 4.69) is 25.2 Å². The summed E-state index contributed by atoms with van der Waals surface area (Å²) in [6, 6.07) is 6.03. The second kappa shape index (κ2) is 9.36. The quantitative estimate of drug-likeness (QED) is 0.577.